The first-order chi connectivity index (χ1) is 8.13. The molecule has 0 saturated carbocycles. The Morgan fingerprint density at radius 1 is 1.29 bits per heavy atom. The largest absolute Gasteiger partial charge is 0.543 e. The Balaban J connectivity index is 2.40. The summed E-state index contributed by atoms with van der Waals surface area (Å²) < 4.78 is 8.95. The SMILES string of the molecule is [B]OC(=O)CC[C@H](N)C(=O)Oc1ccccc1. The van der Waals surface area contributed by atoms with Crippen LogP contribution in [-0.4, -0.2) is 26.0 Å². The first-order valence-corrected chi connectivity index (χ1v) is 5.05. The van der Waals surface area contributed by atoms with E-state index >= 15 is 0 Å². The van der Waals surface area contributed by atoms with Crippen molar-refractivity contribution >= 4 is 20.0 Å². The molecule has 0 amide bonds. The molecule has 0 unspecified atom stereocenters. The van der Waals surface area contributed by atoms with Crippen LogP contribution in [0.4, 0.5) is 0 Å². The molecule has 1 aromatic carbocycles. The van der Waals surface area contributed by atoms with Crippen molar-refractivity contribution in [1.29, 1.82) is 0 Å². The molecule has 1 rings (SSSR count). The van der Waals surface area contributed by atoms with Crippen LogP contribution in [0.5, 0.6) is 5.75 Å². The minimum absolute atomic E-state index is 0.0262. The Morgan fingerprint density at radius 2 is 1.94 bits per heavy atom. The highest BCUT2D eigenvalue weighted by Crippen LogP contribution is 2.10. The second kappa shape index (κ2) is 6.70. The topological polar surface area (TPSA) is 78.6 Å². The van der Waals surface area contributed by atoms with Gasteiger partial charge in [-0.2, -0.15) is 0 Å². The zero-order valence-electron chi connectivity index (χ0n) is 9.17. The van der Waals surface area contributed by atoms with Crippen LogP contribution in [0, 0.1) is 0 Å². The Bertz CT molecular complexity index is 382. The van der Waals surface area contributed by atoms with Gasteiger partial charge >= 0.3 is 14.0 Å². The molecule has 17 heavy (non-hydrogen) atoms. The average molecular weight is 233 g/mol. The van der Waals surface area contributed by atoms with Gasteiger partial charge in [0.2, 0.25) is 0 Å². The van der Waals surface area contributed by atoms with Crippen molar-refractivity contribution in [2.45, 2.75) is 18.9 Å². The van der Waals surface area contributed by atoms with E-state index in [1.807, 2.05) is 0 Å². The van der Waals surface area contributed by atoms with Crippen LogP contribution in [0.25, 0.3) is 0 Å². The van der Waals surface area contributed by atoms with Crippen molar-refractivity contribution in [3.05, 3.63) is 30.3 Å². The van der Waals surface area contributed by atoms with Crippen molar-refractivity contribution in [2.75, 3.05) is 0 Å². The Labute approximate surface area is 100 Å². The number of ether oxygens (including phenoxy) is 1. The van der Waals surface area contributed by atoms with Gasteiger partial charge in [0, 0.05) is 6.42 Å². The number of benzene rings is 1. The molecule has 88 valence electrons. The van der Waals surface area contributed by atoms with Gasteiger partial charge in [0.1, 0.15) is 11.8 Å². The van der Waals surface area contributed by atoms with Crippen LogP contribution in [0.3, 0.4) is 0 Å². The Kier molecular flexibility index (Phi) is 5.22. The molecule has 0 spiro atoms. The lowest BCUT2D eigenvalue weighted by Gasteiger charge is -2.10. The number of para-hydroxylation sites is 1. The van der Waals surface area contributed by atoms with Gasteiger partial charge in [-0.25, -0.2) is 4.79 Å². The maximum atomic E-state index is 11.5. The summed E-state index contributed by atoms with van der Waals surface area (Å²) in [4.78, 5) is 22.2. The number of rotatable bonds is 5. The molecule has 1 aromatic rings. The molecule has 0 aliphatic rings. The molecule has 0 aromatic heterocycles. The van der Waals surface area contributed by atoms with E-state index in [1.165, 1.54) is 0 Å². The van der Waals surface area contributed by atoms with Crippen LogP contribution in [0.1, 0.15) is 12.8 Å². The molecular weight excluding hydrogens is 221 g/mol. The van der Waals surface area contributed by atoms with E-state index in [0.29, 0.717) is 5.75 Å². The summed E-state index contributed by atoms with van der Waals surface area (Å²) >= 11 is 0. The summed E-state index contributed by atoms with van der Waals surface area (Å²) in [5.41, 5.74) is 5.54. The van der Waals surface area contributed by atoms with Crippen molar-refractivity contribution < 1.29 is 19.0 Å². The fourth-order valence-corrected chi connectivity index (χ4v) is 1.13. The van der Waals surface area contributed by atoms with E-state index in [1.54, 1.807) is 30.3 Å². The number of nitrogens with two attached hydrogens (primary N) is 1. The fourth-order valence-electron chi connectivity index (χ4n) is 1.13. The monoisotopic (exact) mass is 233 g/mol. The zero-order chi connectivity index (χ0) is 12.7. The van der Waals surface area contributed by atoms with Crippen molar-refractivity contribution in [3.8, 4) is 5.75 Å². The lowest BCUT2D eigenvalue weighted by molar-refractivity contribution is -0.137. The van der Waals surface area contributed by atoms with Gasteiger partial charge in [-0.1, -0.05) is 18.2 Å². The summed E-state index contributed by atoms with van der Waals surface area (Å²) in [6, 6.07) is 7.67. The van der Waals surface area contributed by atoms with E-state index in [9.17, 15) is 9.59 Å². The maximum Gasteiger partial charge on any atom is 0.378 e. The third-order valence-electron chi connectivity index (χ3n) is 2.06. The second-order valence-electron chi connectivity index (χ2n) is 3.37. The number of esters is 1. The van der Waals surface area contributed by atoms with Gasteiger partial charge in [0.05, 0.1) is 0 Å². The minimum atomic E-state index is -0.880. The second-order valence-corrected chi connectivity index (χ2v) is 3.37. The molecular formula is C11H12BNO4. The molecule has 0 aliphatic heterocycles. The van der Waals surface area contributed by atoms with Crippen LogP contribution < -0.4 is 10.5 Å². The average Bonchev–Trinajstić information content (AvgIpc) is 2.36. The summed E-state index contributed by atoms with van der Waals surface area (Å²) in [6.45, 7) is 0. The number of carbonyl (C=O) groups excluding carboxylic acids is 2. The van der Waals surface area contributed by atoms with E-state index in [4.69, 9.17) is 10.5 Å². The predicted octanol–water partition coefficient (Wildman–Crippen LogP) is 0.326. The highest BCUT2D eigenvalue weighted by atomic mass is 16.5. The third-order valence-corrected chi connectivity index (χ3v) is 2.06. The highest BCUT2D eigenvalue weighted by molar-refractivity contribution is 6.05. The van der Waals surface area contributed by atoms with Crippen LogP contribution in [0.2, 0.25) is 0 Å². The standard InChI is InChI=1S/C11H12BNO4/c12-17-10(14)7-6-9(13)11(15)16-8-4-2-1-3-5-8/h1-5,9H,6-7,13H2/t9-/m0/s1. The first kappa shape index (κ1) is 13.3. The molecule has 0 bridgehead atoms. The summed E-state index contributed by atoms with van der Waals surface area (Å²) in [5.74, 6) is -0.802. The molecule has 5 nitrogen and oxygen atoms in total. The Hall–Kier alpha value is -1.82. The summed E-state index contributed by atoms with van der Waals surface area (Å²) in [5, 5.41) is 0. The lowest BCUT2D eigenvalue weighted by atomic mass is 10.1. The van der Waals surface area contributed by atoms with Gasteiger partial charge < -0.3 is 15.1 Å². The smallest absolute Gasteiger partial charge is 0.378 e. The van der Waals surface area contributed by atoms with Crippen LogP contribution in [0.15, 0.2) is 30.3 Å². The minimum Gasteiger partial charge on any atom is -0.543 e. The van der Waals surface area contributed by atoms with Crippen molar-refractivity contribution in [3.63, 3.8) is 0 Å². The summed E-state index contributed by atoms with van der Waals surface area (Å²) in [6.07, 6.45) is 0.100. The molecule has 0 saturated heterocycles. The maximum absolute atomic E-state index is 11.5. The molecule has 1 atom stereocenters. The molecule has 2 radical (unpaired) electrons. The number of hydrogen-bond acceptors (Lipinski definition) is 5. The van der Waals surface area contributed by atoms with Crippen LogP contribution >= 0.6 is 0 Å². The van der Waals surface area contributed by atoms with Gasteiger partial charge in [-0.15, -0.1) is 0 Å². The van der Waals surface area contributed by atoms with E-state index in [0.717, 1.165) is 0 Å². The fraction of sp³-hybridized carbons (Fsp3) is 0.273. The van der Waals surface area contributed by atoms with Crippen molar-refractivity contribution in [2.24, 2.45) is 5.73 Å². The van der Waals surface area contributed by atoms with Gasteiger partial charge in [0.25, 0.3) is 5.97 Å². The lowest BCUT2D eigenvalue weighted by Crippen LogP contribution is -2.34. The summed E-state index contributed by atoms with van der Waals surface area (Å²) in [7, 11) is 4.65. The van der Waals surface area contributed by atoms with Crippen LogP contribution in [-0.2, 0) is 14.2 Å². The highest BCUT2D eigenvalue weighted by Gasteiger charge is 2.17. The van der Waals surface area contributed by atoms with Gasteiger partial charge in [0.15, 0.2) is 0 Å². The van der Waals surface area contributed by atoms with E-state index in [2.05, 4.69) is 12.7 Å². The normalized spacial score (nSPS) is 11.6. The predicted molar refractivity (Wildman–Crippen MR) is 61.1 cm³/mol. The number of carbonyl (C=O) groups is 2. The van der Waals surface area contributed by atoms with Gasteiger partial charge in [-0.3, -0.25) is 4.79 Å². The first-order valence-electron chi connectivity index (χ1n) is 5.05. The number of hydrogen-bond donors (Lipinski definition) is 1. The molecule has 0 aliphatic carbocycles. The van der Waals surface area contributed by atoms with Crippen molar-refractivity contribution in [1.82, 2.24) is 0 Å². The molecule has 0 heterocycles. The zero-order valence-corrected chi connectivity index (χ0v) is 9.17. The molecule has 0 fully saturated rings. The van der Waals surface area contributed by atoms with E-state index < -0.39 is 18.0 Å². The Morgan fingerprint density at radius 3 is 2.53 bits per heavy atom. The molecule has 2 N–H and O–H groups in total. The van der Waals surface area contributed by atoms with Gasteiger partial charge in [-0.05, 0) is 18.6 Å². The van der Waals surface area contributed by atoms with E-state index in [-0.39, 0.29) is 12.8 Å². The molecule has 6 heteroatoms. The third kappa shape index (κ3) is 4.69. The quantitative estimate of drug-likeness (QED) is 0.450.